The first-order valence-corrected chi connectivity index (χ1v) is 4.73. The molecule has 0 aliphatic rings. The average molecular weight is 202 g/mol. The molecule has 2 heteroatoms. The second kappa shape index (κ2) is 4.65. The van der Waals surface area contributed by atoms with E-state index in [1.807, 2.05) is 44.2 Å². The Hall–Kier alpha value is -1.75. The Morgan fingerprint density at radius 2 is 1.87 bits per heavy atom. The van der Waals surface area contributed by atoms with Crippen molar-refractivity contribution in [3.63, 3.8) is 0 Å². The highest BCUT2D eigenvalue weighted by molar-refractivity contribution is 5.88. The van der Waals surface area contributed by atoms with Gasteiger partial charge in [0.25, 0.3) is 0 Å². The molecule has 0 aliphatic carbocycles. The molecule has 15 heavy (non-hydrogen) atoms. The van der Waals surface area contributed by atoms with Crippen molar-refractivity contribution in [3.05, 3.63) is 35.9 Å². The molecular weight excluding hydrogens is 188 g/mol. The third-order valence-electron chi connectivity index (χ3n) is 2.16. The largest absolute Gasteiger partial charge is 0.459 e. The van der Waals surface area contributed by atoms with Crippen molar-refractivity contribution in [2.24, 2.45) is 0 Å². The van der Waals surface area contributed by atoms with Crippen LogP contribution in [0.15, 0.2) is 30.3 Å². The fourth-order valence-electron chi connectivity index (χ4n) is 1.19. The van der Waals surface area contributed by atoms with Crippen LogP contribution in [0.1, 0.15) is 19.4 Å². The summed E-state index contributed by atoms with van der Waals surface area (Å²) >= 11 is 0. The van der Waals surface area contributed by atoms with E-state index in [-0.39, 0.29) is 5.41 Å². The summed E-state index contributed by atoms with van der Waals surface area (Å²) in [5, 5.41) is 0. The zero-order valence-corrected chi connectivity index (χ0v) is 9.20. The summed E-state index contributed by atoms with van der Waals surface area (Å²) in [6.45, 7) is 3.94. The summed E-state index contributed by atoms with van der Waals surface area (Å²) in [5.41, 5.74) is 0.747. The second-order valence-electron chi connectivity index (χ2n) is 3.73. The Balaban J connectivity index is 2.92. The van der Waals surface area contributed by atoms with E-state index in [9.17, 15) is 4.79 Å². The van der Waals surface area contributed by atoms with E-state index >= 15 is 0 Å². The van der Waals surface area contributed by atoms with Crippen molar-refractivity contribution in [1.82, 2.24) is 0 Å². The number of ether oxygens (including phenoxy) is 1. The van der Waals surface area contributed by atoms with Gasteiger partial charge in [0, 0.05) is 5.92 Å². The van der Waals surface area contributed by atoms with Gasteiger partial charge in [-0.2, -0.15) is 0 Å². The highest BCUT2D eigenvalue weighted by Crippen LogP contribution is 2.21. The molecule has 0 atom stereocenters. The number of carbonyl (C=O) groups is 1. The molecule has 0 saturated heterocycles. The minimum absolute atomic E-state index is 0.338. The molecule has 0 fully saturated rings. The lowest BCUT2D eigenvalue weighted by molar-refractivity contribution is -0.133. The number of carbonyl (C=O) groups excluding carboxylic acids is 1. The quantitative estimate of drug-likeness (QED) is 0.396. The van der Waals surface area contributed by atoms with Crippen LogP contribution < -0.4 is 0 Å². The highest BCUT2D eigenvalue weighted by Gasteiger charge is 2.16. The van der Waals surface area contributed by atoms with Gasteiger partial charge in [-0.1, -0.05) is 36.3 Å². The molecule has 0 bridgehead atoms. The molecule has 0 unspecified atom stereocenters. The van der Waals surface area contributed by atoms with Gasteiger partial charge >= 0.3 is 5.97 Å². The van der Waals surface area contributed by atoms with Crippen LogP contribution in [0.25, 0.3) is 0 Å². The lowest BCUT2D eigenvalue weighted by atomic mass is 9.85. The topological polar surface area (TPSA) is 26.3 Å². The third-order valence-corrected chi connectivity index (χ3v) is 2.16. The Morgan fingerprint density at radius 1 is 1.27 bits per heavy atom. The SMILES string of the molecule is COC(=O)C#CC(C)(C)c1ccccc1. The van der Waals surface area contributed by atoms with Gasteiger partial charge in [-0.05, 0) is 19.4 Å². The van der Waals surface area contributed by atoms with Gasteiger partial charge in [0.1, 0.15) is 0 Å². The zero-order chi connectivity index (χ0) is 11.3. The van der Waals surface area contributed by atoms with Crippen molar-refractivity contribution in [3.8, 4) is 11.8 Å². The van der Waals surface area contributed by atoms with Crippen LogP contribution in [-0.2, 0) is 14.9 Å². The standard InChI is InChI=1S/C13H14O2/c1-13(2,10-9-12(14)15-3)11-7-5-4-6-8-11/h4-8H,1-3H3. The smallest absolute Gasteiger partial charge is 0.384 e. The highest BCUT2D eigenvalue weighted by atomic mass is 16.5. The molecule has 0 saturated carbocycles. The molecule has 0 heterocycles. The van der Waals surface area contributed by atoms with Gasteiger partial charge < -0.3 is 4.74 Å². The summed E-state index contributed by atoms with van der Waals surface area (Å²) in [4.78, 5) is 10.9. The van der Waals surface area contributed by atoms with E-state index < -0.39 is 5.97 Å². The first kappa shape index (κ1) is 11.3. The number of rotatable bonds is 1. The molecule has 1 aromatic rings. The summed E-state index contributed by atoms with van der Waals surface area (Å²) < 4.78 is 4.47. The van der Waals surface area contributed by atoms with Gasteiger partial charge in [0.2, 0.25) is 0 Å². The molecule has 1 rings (SSSR count). The second-order valence-corrected chi connectivity index (χ2v) is 3.73. The van der Waals surface area contributed by atoms with E-state index in [4.69, 9.17) is 0 Å². The molecule has 78 valence electrons. The van der Waals surface area contributed by atoms with Gasteiger partial charge in [0.05, 0.1) is 12.5 Å². The molecule has 0 spiro atoms. The van der Waals surface area contributed by atoms with E-state index in [0.29, 0.717) is 0 Å². The predicted octanol–water partition coefficient (Wildman–Crippen LogP) is 2.14. The van der Waals surface area contributed by atoms with E-state index in [1.165, 1.54) is 7.11 Å². The van der Waals surface area contributed by atoms with Crippen molar-refractivity contribution in [2.45, 2.75) is 19.3 Å². The van der Waals surface area contributed by atoms with Crippen molar-refractivity contribution >= 4 is 5.97 Å². The lowest BCUT2D eigenvalue weighted by Gasteiger charge is -2.17. The van der Waals surface area contributed by atoms with Crippen LogP contribution in [0.2, 0.25) is 0 Å². The maximum atomic E-state index is 10.9. The summed E-state index contributed by atoms with van der Waals surface area (Å²) in [6, 6.07) is 9.85. The number of esters is 1. The minimum atomic E-state index is -0.501. The maximum Gasteiger partial charge on any atom is 0.384 e. The Kier molecular flexibility index (Phi) is 3.51. The Bertz CT molecular complexity index is 394. The van der Waals surface area contributed by atoms with Gasteiger partial charge in [-0.3, -0.25) is 0 Å². The Morgan fingerprint density at radius 3 is 2.40 bits per heavy atom. The number of benzene rings is 1. The van der Waals surface area contributed by atoms with E-state index in [0.717, 1.165) is 5.56 Å². The lowest BCUT2D eigenvalue weighted by Crippen LogP contribution is -2.14. The van der Waals surface area contributed by atoms with Crippen LogP contribution in [0, 0.1) is 11.8 Å². The number of methoxy groups -OCH3 is 1. The number of hydrogen-bond donors (Lipinski definition) is 0. The van der Waals surface area contributed by atoms with Crippen LogP contribution in [0.4, 0.5) is 0 Å². The van der Waals surface area contributed by atoms with Crippen LogP contribution in [0.3, 0.4) is 0 Å². The molecule has 1 aromatic carbocycles. The van der Waals surface area contributed by atoms with E-state index in [1.54, 1.807) is 0 Å². The van der Waals surface area contributed by atoms with Crippen LogP contribution in [0.5, 0.6) is 0 Å². The van der Waals surface area contributed by atoms with Gasteiger partial charge in [0.15, 0.2) is 0 Å². The van der Waals surface area contributed by atoms with E-state index in [2.05, 4.69) is 16.6 Å². The molecule has 0 amide bonds. The van der Waals surface area contributed by atoms with Crippen LogP contribution >= 0.6 is 0 Å². The summed E-state index contributed by atoms with van der Waals surface area (Å²) in [7, 11) is 1.33. The first-order chi connectivity index (χ1) is 7.06. The molecule has 0 aliphatic heterocycles. The van der Waals surface area contributed by atoms with Gasteiger partial charge in [-0.15, -0.1) is 0 Å². The number of hydrogen-bond acceptors (Lipinski definition) is 2. The average Bonchev–Trinajstić information content (AvgIpc) is 2.27. The first-order valence-electron chi connectivity index (χ1n) is 4.73. The molecule has 0 aromatic heterocycles. The molecule has 0 radical (unpaired) electrons. The molecule has 0 N–H and O–H groups in total. The maximum absolute atomic E-state index is 10.9. The van der Waals surface area contributed by atoms with Crippen LogP contribution in [-0.4, -0.2) is 13.1 Å². The summed E-state index contributed by atoms with van der Waals surface area (Å²) in [6.07, 6.45) is 0. The normalized spacial score (nSPS) is 10.1. The predicted molar refractivity (Wildman–Crippen MR) is 59.3 cm³/mol. The minimum Gasteiger partial charge on any atom is -0.459 e. The summed E-state index contributed by atoms with van der Waals surface area (Å²) in [5.74, 6) is 4.86. The van der Waals surface area contributed by atoms with Crippen molar-refractivity contribution < 1.29 is 9.53 Å². The monoisotopic (exact) mass is 202 g/mol. The van der Waals surface area contributed by atoms with Crippen molar-refractivity contribution in [2.75, 3.05) is 7.11 Å². The van der Waals surface area contributed by atoms with Gasteiger partial charge in [-0.25, -0.2) is 4.79 Å². The molecule has 2 nitrogen and oxygen atoms in total. The fourth-order valence-corrected chi connectivity index (χ4v) is 1.19. The zero-order valence-electron chi connectivity index (χ0n) is 9.20. The third kappa shape index (κ3) is 3.14. The van der Waals surface area contributed by atoms with Crippen molar-refractivity contribution in [1.29, 1.82) is 0 Å². The Labute approximate surface area is 90.3 Å². The fraction of sp³-hybridized carbons (Fsp3) is 0.308. The molecular formula is C13H14O2.